The van der Waals surface area contributed by atoms with Crippen LogP contribution in [-0.4, -0.2) is 62.6 Å². The van der Waals surface area contributed by atoms with Crippen molar-refractivity contribution >= 4 is 22.8 Å². The van der Waals surface area contributed by atoms with E-state index in [-0.39, 0.29) is 24.2 Å². The molecule has 1 aliphatic rings. The quantitative estimate of drug-likeness (QED) is 0.480. The number of rotatable bonds is 4. The molecule has 1 saturated heterocycles. The molecular formula is C24H22FN5O3. The van der Waals surface area contributed by atoms with E-state index in [4.69, 9.17) is 4.42 Å². The number of furan rings is 1. The zero-order valence-electron chi connectivity index (χ0n) is 18.1. The SMILES string of the molecule is Cc1nn(CC(=O)N2CCN(C(=O)c3ccco3)CC2)c2nccc(-c3ccc(F)cc3)c12. The topological polar surface area (TPSA) is 84.5 Å². The number of carbonyl (C=O) groups is 2. The van der Waals surface area contributed by atoms with Crippen LogP contribution in [0.4, 0.5) is 4.39 Å². The summed E-state index contributed by atoms with van der Waals surface area (Å²) >= 11 is 0. The van der Waals surface area contributed by atoms with Crippen molar-refractivity contribution in [2.24, 2.45) is 0 Å². The highest BCUT2D eigenvalue weighted by molar-refractivity contribution is 5.95. The fraction of sp³-hybridized carbons (Fsp3) is 0.250. The Balaban J connectivity index is 1.32. The number of benzene rings is 1. The van der Waals surface area contributed by atoms with Gasteiger partial charge < -0.3 is 14.2 Å². The van der Waals surface area contributed by atoms with Crippen LogP contribution < -0.4 is 0 Å². The van der Waals surface area contributed by atoms with Crippen LogP contribution in [0, 0.1) is 12.7 Å². The van der Waals surface area contributed by atoms with E-state index in [1.165, 1.54) is 18.4 Å². The number of aromatic nitrogens is 3. The van der Waals surface area contributed by atoms with Crippen LogP contribution >= 0.6 is 0 Å². The lowest BCUT2D eigenvalue weighted by atomic mass is 10.0. The molecule has 4 aromatic rings. The third-order valence-corrected chi connectivity index (χ3v) is 5.90. The van der Waals surface area contributed by atoms with Crippen LogP contribution in [0.3, 0.4) is 0 Å². The van der Waals surface area contributed by atoms with Gasteiger partial charge in [-0.15, -0.1) is 0 Å². The van der Waals surface area contributed by atoms with E-state index in [0.29, 0.717) is 37.6 Å². The third-order valence-electron chi connectivity index (χ3n) is 5.90. The molecule has 0 atom stereocenters. The van der Waals surface area contributed by atoms with E-state index in [9.17, 15) is 14.0 Å². The highest BCUT2D eigenvalue weighted by Crippen LogP contribution is 2.30. The van der Waals surface area contributed by atoms with Gasteiger partial charge in [-0.3, -0.25) is 9.59 Å². The number of hydrogen-bond acceptors (Lipinski definition) is 5. The molecule has 0 saturated carbocycles. The second-order valence-electron chi connectivity index (χ2n) is 7.96. The number of piperazine rings is 1. The van der Waals surface area contributed by atoms with E-state index in [2.05, 4.69) is 10.1 Å². The summed E-state index contributed by atoms with van der Waals surface area (Å²) in [6, 6.07) is 11.5. The van der Waals surface area contributed by atoms with Gasteiger partial charge in [-0.2, -0.15) is 5.10 Å². The second-order valence-corrected chi connectivity index (χ2v) is 7.96. The fourth-order valence-corrected chi connectivity index (χ4v) is 4.20. The first-order valence-corrected chi connectivity index (χ1v) is 10.7. The van der Waals surface area contributed by atoms with Gasteiger partial charge in [0.15, 0.2) is 11.4 Å². The van der Waals surface area contributed by atoms with Crippen molar-refractivity contribution < 1.29 is 18.4 Å². The first-order chi connectivity index (χ1) is 16.0. The standard InChI is InChI=1S/C24H22FN5O3/c1-16-22-19(17-4-6-18(25)7-5-17)8-9-26-23(22)30(27-16)15-21(31)28-10-12-29(13-11-28)24(32)20-3-2-14-33-20/h2-9,14H,10-13,15H2,1H3. The van der Waals surface area contributed by atoms with Gasteiger partial charge in [0.25, 0.3) is 5.91 Å². The Bertz CT molecular complexity index is 1310. The first-order valence-electron chi connectivity index (χ1n) is 10.7. The summed E-state index contributed by atoms with van der Waals surface area (Å²) in [6.45, 7) is 3.69. The minimum atomic E-state index is -0.298. The molecule has 0 unspecified atom stereocenters. The maximum absolute atomic E-state index is 13.4. The van der Waals surface area contributed by atoms with Crippen LogP contribution in [0.25, 0.3) is 22.2 Å². The number of amides is 2. The van der Waals surface area contributed by atoms with Crippen LogP contribution in [0.15, 0.2) is 59.3 Å². The predicted octanol–water partition coefficient (Wildman–Crippen LogP) is 3.12. The fourth-order valence-electron chi connectivity index (χ4n) is 4.20. The van der Waals surface area contributed by atoms with Crippen molar-refractivity contribution in [3.05, 3.63) is 72.2 Å². The molecule has 168 valence electrons. The van der Waals surface area contributed by atoms with Crippen molar-refractivity contribution in [3.63, 3.8) is 0 Å². The zero-order chi connectivity index (χ0) is 22.9. The second kappa shape index (κ2) is 8.50. The number of fused-ring (bicyclic) bond motifs is 1. The van der Waals surface area contributed by atoms with Crippen LogP contribution in [0.2, 0.25) is 0 Å². The highest BCUT2D eigenvalue weighted by atomic mass is 19.1. The minimum absolute atomic E-state index is 0.0519. The Hall–Kier alpha value is -4.01. The van der Waals surface area contributed by atoms with Crippen molar-refractivity contribution in [2.45, 2.75) is 13.5 Å². The molecule has 0 bridgehead atoms. The lowest BCUT2D eigenvalue weighted by Gasteiger charge is -2.34. The molecule has 2 amide bonds. The number of carbonyl (C=O) groups excluding carboxylic acids is 2. The van der Waals surface area contributed by atoms with Crippen molar-refractivity contribution in [3.8, 4) is 11.1 Å². The van der Waals surface area contributed by atoms with Gasteiger partial charge in [0, 0.05) is 37.8 Å². The zero-order valence-corrected chi connectivity index (χ0v) is 18.1. The van der Waals surface area contributed by atoms with Gasteiger partial charge in [-0.05, 0) is 48.4 Å². The van der Waals surface area contributed by atoms with Gasteiger partial charge in [0.1, 0.15) is 12.4 Å². The Kier molecular flexibility index (Phi) is 5.37. The molecule has 4 heterocycles. The number of aryl methyl sites for hydroxylation is 1. The molecule has 0 aliphatic carbocycles. The van der Waals surface area contributed by atoms with Gasteiger partial charge >= 0.3 is 0 Å². The van der Waals surface area contributed by atoms with E-state index >= 15 is 0 Å². The lowest BCUT2D eigenvalue weighted by Crippen LogP contribution is -2.51. The first kappa shape index (κ1) is 20.9. The normalized spacial score (nSPS) is 14.1. The number of nitrogens with zero attached hydrogens (tertiary/aromatic N) is 5. The summed E-state index contributed by atoms with van der Waals surface area (Å²) in [6.07, 6.45) is 3.14. The van der Waals surface area contributed by atoms with Crippen molar-refractivity contribution in [1.82, 2.24) is 24.6 Å². The number of hydrogen-bond donors (Lipinski definition) is 0. The Morgan fingerprint density at radius 2 is 1.76 bits per heavy atom. The molecule has 1 fully saturated rings. The largest absolute Gasteiger partial charge is 0.459 e. The average molecular weight is 447 g/mol. The van der Waals surface area contributed by atoms with E-state index < -0.39 is 0 Å². The maximum atomic E-state index is 13.4. The Morgan fingerprint density at radius 1 is 1.03 bits per heavy atom. The molecule has 33 heavy (non-hydrogen) atoms. The molecule has 5 rings (SSSR count). The minimum Gasteiger partial charge on any atom is -0.459 e. The molecule has 8 nitrogen and oxygen atoms in total. The summed E-state index contributed by atoms with van der Waals surface area (Å²) in [7, 11) is 0. The average Bonchev–Trinajstić information content (AvgIpc) is 3.48. The monoisotopic (exact) mass is 447 g/mol. The predicted molar refractivity (Wildman–Crippen MR) is 119 cm³/mol. The van der Waals surface area contributed by atoms with E-state index in [1.54, 1.807) is 44.9 Å². The number of pyridine rings is 1. The van der Waals surface area contributed by atoms with Crippen molar-refractivity contribution in [2.75, 3.05) is 26.2 Å². The lowest BCUT2D eigenvalue weighted by molar-refractivity contribution is -0.133. The summed E-state index contributed by atoms with van der Waals surface area (Å²) in [4.78, 5) is 33.3. The molecular weight excluding hydrogens is 425 g/mol. The Labute approximate surface area is 189 Å². The van der Waals surface area contributed by atoms with Crippen LogP contribution in [0.5, 0.6) is 0 Å². The molecule has 1 aromatic carbocycles. The molecule has 0 N–H and O–H groups in total. The Morgan fingerprint density at radius 3 is 2.45 bits per heavy atom. The van der Waals surface area contributed by atoms with Gasteiger partial charge in [-0.1, -0.05) is 12.1 Å². The van der Waals surface area contributed by atoms with E-state index in [0.717, 1.165) is 22.2 Å². The molecule has 3 aromatic heterocycles. The van der Waals surface area contributed by atoms with Crippen LogP contribution in [-0.2, 0) is 11.3 Å². The van der Waals surface area contributed by atoms with E-state index in [1.807, 2.05) is 13.0 Å². The molecule has 0 radical (unpaired) electrons. The number of halogens is 1. The smallest absolute Gasteiger partial charge is 0.289 e. The molecule has 9 heteroatoms. The summed E-state index contributed by atoms with van der Waals surface area (Å²) < 4.78 is 20.2. The summed E-state index contributed by atoms with van der Waals surface area (Å²) in [5.41, 5.74) is 3.10. The van der Waals surface area contributed by atoms with Gasteiger partial charge in [0.2, 0.25) is 5.91 Å². The molecule has 0 spiro atoms. The molecule has 1 aliphatic heterocycles. The van der Waals surface area contributed by atoms with Gasteiger partial charge in [-0.25, -0.2) is 14.1 Å². The maximum Gasteiger partial charge on any atom is 0.289 e. The van der Waals surface area contributed by atoms with Gasteiger partial charge in [0.05, 0.1) is 12.0 Å². The summed E-state index contributed by atoms with van der Waals surface area (Å²) in [5, 5.41) is 5.40. The third kappa shape index (κ3) is 3.97. The van der Waals surface area contributed by atoms with Crippen LogP contribution in [0.1, 0.15) is 16.2 Å². The highest BCUT2D eigenvalue weighted by Gasteiger charge is 2.27. The summed E-state index contributed by atoms with van der Waals surface area (Å²) in [5.74, 6) is -0.249. The van der Waals surface area contributed by atoms with Crippen molar-refractivity contribution in [1.29, 1.82) is 0 Å².